The van der Waals surface area contributed by atoms with Crippen molar-refractivity contribution >= 4 is 10.0 Å². The Morgan fingerprint density at radius 3 is 2.35 bits per heavy atom. The van der Waals surface area contributed by atoms with Gasteiger partial charge in [-0.2, -0.15) is 0 Å². The van der Waals surface area contributed by atoms with E-state index in [1.807, 2.05) is 0 Å². The van der Waals surface area contributed by atoms with E-state index in [1.165, 1.54) is 6.20 Å². The largest absolute Gasteiger partial charge is 0.260 e. The highest BCUT2D eigenvalue weighted by Gasteiger charge is 2.20. The van der Waals surface area contributed by atoms with Gasteiger partial charge < -0.3 is 0 Å². The van der Waals surface area contributed by atoms with E-state index in [1.54, 1.807) is 25.1 Å². The lowest BCUT2D eigenvalue weighted by Crippen LogP contribution is -2.27. The predicted molar refractivity (Wildman–Crippen MR) is 69.3 cm³/mol. The first kappa shape index (κ1) is 14.5. The highest BCUT2D eigenvalue weighted by Crippen LogP contribution is 2.17. The van der Waals surface area contributed by atoms with Crippen LogP contribution in [0.15, 0.2) is 47.5 Å². The number of nitrogens with zero attached hydrogens (tertiary/aromatic N) is 1. The van der Waals surface area contributed by atoms with Gasteiger partial charge in [0.2, 0.25) is 10.0 Å². The molecule has 0 amide bonds. The zero-order chi connectivity index (χ0) is 14.8. The Morgan fingerprint density at radius 2 is 1.80 bits per heavy atom. The highest BCUT2D eigenvalue weighted by atomic mass is 32.2. The van der Waals surface area contributed by atoms with E-state index < -0.39 is 32.6 Å². The summed E-state index contributed by atoms with van der Waals surface area (Å²) in [6.07, 6.45) is 1.53. The van der Waals surface area contributed by atoms with Crippen molar-refractivity contribution < 1.29 is 17.2 Å². The average Bonchev–Trinajstić information content (AvgIpc) is 2.38. The summed E-state index contributed by atoms with van der Waals surface area (Å²) in [5, 5.41) is 0. The summed E-state index contributed by atoms with van der Waals surface area (Å²) >= 11 is 0. The van der Waals surface area contributed by atoms with Crippen molar-refractivity contribution in [3.63, 3.8) is 0 Å². The molecule has 4 nitrogen and oxygen atoms in total. The molecule has 0 radical (unpaired) electrons. The Kier molecular flexibility index (Phi) is 4.10. The van der Waals surface area contributed by atoms with Gasteiger partial charge >= 0.3 is 0 Å². The predicted octanol–water partition coefficient (Wildman–Crippen LogP) is 2.40. The van der Waals surface area contributed by atoms with E-state index in [2.05, 4.69) is 9.71 Å². The van der Waals surface area contributed by atoms with Gasteiger partial charge in [-0.05, 0) is 31.2 Å². The van der Waals surface area contributed by atoms with Crippen molar-refractivity contribution in [2.75, 3.05) is 0 Å². The van der Waals surface area contributed by atoms with Crippen LogP contribution in [0.25, 0.3) is 0 Å². The third-order valence-corrected chi connectivity index (χ3v) is 4.13. The molecule has 1 aromatic carbocycles. The molecule has 20 heavy (non-hydrogen) atoms. The number of hydrogen-bond donors (Lipinski definition) is 1. The minimum absolute atomic E-state index is 0.460. The summed E-state index contributed by atoms with van der Waals surface area (Å²) < 4.78 is 52.6. The van der Waals surface area contributed by atoms with Crippen LogP contribution in [0.5, 0.6) is 0 Å². The van der Waals surface area contributed by atoms with Crippen LogP contribution in [0, 0.1) is 11.6 Å². The van der Waals surface area contributed by atoms with E-state index in [9.17, 15) is 17.2 Å². The van der Waals surface area contributed by atoms with Crippen LogP contribution in [0.3, 0.4) is 0 Å². The van der Waals surface area contributed by atoms with Crippen molar-refractivity contribution in [3.8, 4) is 0 Å². The van der Waals surface area contributed by atoms with Gasteiger partial charge in [0.25, 0.3) is 0 Å². The molecule has 106 valence electrons. The molecular formula is C13H12F2N2O2S. The first-order chi connectivity index (χ1) is 9.38. The molecule has 2 aromatic rings. The molecule has 0 saturated heterocycles. The zero-order valence-corrected chi connectivity index (χ0v) is 11.4. The van der Waals surface area contributed by atoms with Crippen molar-refractivity contribution in [2.24, 2.45) is 0 Å². The number of halogens is 2. The van der Waals surface area contributed by atoms with Gasteiger partial charge in [0.1, 0.15) is 11.6 Å². The summed E-state index contributed by atoms with van der Waals surface area (Å²) in [5.74, 6) is -1.90. The molecular weight excluding hydrogens is 286 g/mol. The number of benzene rings is 1. The van der Waals surface area contributed by atoms with Gasteiger partial charge in [-0.25, -0.2) is 21.9 Å². The van der Waals surface area contributed by atoms with Crippen LogP contribution in [-0.2, 0) is 10.0 Å². The maximum absolute atomic E-state index is 13.1. The lowest BCUT2D eigenvalue weighted by molar-refractivity contribution is 0.551. The summed E-state index contributed by atoms with van der Waals surface area (Å²) in [6.45, 7) is 1.59. The van der Waals surface area contributed by atoms with Gasteiger partial charge in [0.05, 0.1) is 16.6 Å². The molecule has 0 fully saturated rings. The van der Waals surface area contributed by atoms with E-state index in [0.29, 0.717) is 11.8 Å². The number of sulfonamides is 1. The van der Waals surface area contributed by atoms with Gasteiger partial charge in [-0.1, -0.05) is 6.07 Å². The fourth-order valence-electron chi connectivity index (χ4n) is 1.68. The molecule has 1 atom stereocenters. The third-order valence-electron chi connectivity index (χ3n) is 2.61. The van der Waals surface area contributed by atoms with Gasteiger partial charge in [-0.15, -0.1) is 0 Å². The average molecular weight is 298 g/mol. The normalized spacial score (nSPS) is 13.2. The number of nitrogens with one attached hydrogen (secondary N) is 1. The first-order valence-electron chi connectivity index (χ1n) is 5.78. The van der Waals surface area contributed by atoms with E-state index >= 15 is 0 Å². The standard InChI is InChI=1S/C13H12F2N2O2S/c1-9(13-4-2-3-5-16-13)17-20(18,19)12-7-10(14)6-11(15)8-12/h2-9,17H,1H3/t9-/m0/s1. The Labute approximate surface area is 115 Å². The fourth-order valence-corrected chi connectivity index (χ4v) is 2.93. The molecule has 2 rings (SSSR count). The molecule has 1 aromatic heterocycles. The van der Waals surface area contributed by atoms with Crippen LogP contribution in [0.1, 0.15) is 18.7 Å². The van der Waals surface area contributed by atoms with E-state index in [4.69, 9.17) is 0 Å². The Balaban J connectivity index is 2.27. The molecule has 0 bridgehead atoms. The molecule has 0 unspecified atom stereocenters. The van der Waals surface area contributed by atoms with E-state index in [-0.39, 0.29) is 0 Å². The lowest BCUT2D eigenvalue weighted by atomic mass is 10.2. The van der Waals surface area contributed by atoms with Crippen molar-refractivity contribution in [2.45, 2.75) is 17.9 Å². The van der Waals surface area contributed by atoms with Gasteiger partial charge in [-0.3, -0.25) is 4.98 Å². The lowest BCUT2D eigenvalue weighted by Gasteiger charge is -2.13. The molecule has 0 aliphatic rings. The van der Waals surface area contributed by atoms with Gasteiger partial charge in [0.15, 0.2) is 0 Å². The molecule has 0 aliphatic heterocycles. The number of aromatic nitrogens is 1. The maximum atomic E-state index is 13.1. The number of hydrogen-bond acceptors (Lipinski definition) is 3. The van der Waals surface area contributed by atoms with Crippen molar-refractivity contribution in [1.29, 1.82) is 0 Å². The number of pyridine rings is 1. The summed E-state index contributed by atoms with van der Waals surface area (Å²) in [7, 11) is -4.02. The van der Waals surface area contributed by atoms with Crippen molar-refractivity contribution in [1.82, 2.24) is 9.71 Å². The maximum Gasteiger partial charge on any atom is 0.241 e. The minimum Gasteiger partial charge on any atom is -0.260 e. The summed E-state index contributed by atoms with van der Waals surface area (Å²) in [4.78, 5) is 3.56. The van der Waals surface area contributed by atoms with E-state index in [0.717, 1.165) is 12.1 Å². The Hall–Kier alpha value is -1.86. The second kappa shape index (κ2) is 5.64. The molecule has 1 heterocycles. The van der Waals surface area contributed by atoms with Crippen LogP contribution < -0.4 is 4.72 Å². The van der Waals surface area contributed by atoms with Crippen LogP contribution in [0.2, 0.25) is 0 Å². The Morgan fingerprint density at radius 1 is 1.15 bits per heavy atom. The molecule has 0 spiro atoms. The SMILES string of the molecule is C[C@H](NS(=O)(=O)c1cc(F)cc(F)c1)c1ccccn1. The monoisotopic (exact) mass is 298 g/mol. The molecule has 0 aliphatic carbocycles. The molecule has 1 N–H and O–H groups in total. The number of rotatable bonds is 4. The fraction of sp³-hybridized carbons (Fsp3) is 0.154. The van der Waals surface area contributed by atoms with Crippen LogP contribution in [0.4, 0.5) is 8.78 Å². The molecule has 7 heteroatoms. The minimum atomic E-state index is -4.02. The summed E-state index contributed by atoms with van der Waals surface area (Å²) in [6, 6.07) is 6.59. The quantitative estimate of drug-likeness (QED) is 0.943. The smallest absolute Gasteiger partial charge is 0.241 e. The second-order valence-electron chi connectivity index (χ2n) is 4.20. The second-order valence-corrected chi connectivity index (χ2v) is 5.92. The highest BCUT2D eigenvalue weighted by molar-refractivity contribution is 7.89. The molecule has 0 saturated carbocycles. The third kappa shape index (κ3) is 3.37. The first-order valence-corrected chi connectivity index (χ1v) is 7.26. The van der Waals surface area contributed by atoms with Crippen LogP contribution in [-0.4, -0.2) is 13.4 Å². The zero-order valence-electron chi connectivity index (χ0n) is 10.5. The Bertz CT molecular complexity index is 685. The van der Waals surface area contributed by atoms with Crippen molar-refractivity contribution in [3.05, 3.63) is 59.9 Å². The van der Waals surface area contributed by atoms with Gasteiger partial charge in [0, 0.05) is 12.3 Å². The van der Waals surface area contributed by atoms with Crippen LogP contribution >= 0.6 is 0 Å². The summed E-state index contributed by atoms with van der Waals surface area (Å²) in [5.41, 5.74) is 0.507. The topological polar surface area (TPSA) is 59.1 Å².